The molecular weight excluding hydrogens is 305 g/mol. The van der Waals surface area contributed by atoms with Crippen LogP contribution in [-0.2, 0) is 13.2 Å². The van der Waals surface area contributed by atoms with E-state index in [-0.39, 0.29) is 0 Å². The van der Waals surface area contributed by atoms with Crippen molar-refractivity contribution in [3.63, 3.8) is 0 Å². The molecule has 0 atom stereocenters. The highest BCUT2D eigenvalue weighted by Gasteiger charge is 2.05. The van der Waals surface area contributed by atoms with Gasteiger partial charge in [-0.3, -0.25) is 0 Å². The van der Waals surface area contributed by atoms with Crippen molar-refractivity contribution in [1.29, 1.82) is 0 Å². The van der Waals surface area contributed by atoms with Crippen LogP contribution in [0, 0.1) is 6.92 Å². The van der Waals surface area contributed by atoms with E-state index < -0.39 is 0 Å². The lowest BCUT2D eigenvalue weighted by molar-refractivity contribution is 0.302. The number of halogens is 2. The zero-order chi connectivity index (χ0) is 15.2. The predicted molar refractivity (Wildman–Crippen MR) is 89.4 cm³/mol. The third kappa shape index (κ3) is 4.63. The number of aryl methyl sites for hydroxylation is 1. The summed E-state index contributed by atoms with van der Waals surface area (Å²) in [6.07, 6.45) is 0. The van der Waals surface area contributed by atoms with Gasteiger partial charge in [-0.05, 0) is 37.2 Å². The summed E-state index contributed by atoms with van der Waals surface area (Å²) in [7, 11) is 0. The van der Waals surface area contributed by atoms with E-state index in [4.69, 9.17) is 27.9 Å². The zero-order valence-corrected chi connectivity index (χ0v) is 13.8. The first kappa shape index (κ1) is 16.2. The largest absolute Gasteiger partial charge is 0.489 e. The van der Waals surface area contributed by atoms with Crippen LogP contribution >= 0.6 is 23.2 Å². The molecule has 2 rings (SSSR count). The van der Waals surface area contributed by atoms with E-state index in [1.54, 1.807) is 6.07 Å². The van der Waals surface area contributed by atoms with Crippen LogP contribution in [0.4, 0.5) is 0 Å². The van der Waals surface area contributed by atoms with Crippen LogP contribution in [0.1, 0.15) is 23.6 Å². The van der Waals surface area contributed by atoms with Gasteiger partial charge in [-0.1, -0.05) is 53.9 Å². The summed E-state index contributed by atoms with van der Waals surface area (Å²) in [6, 6.07) is 11.8. The number of ether oxygens (including phenoxy) is 1. The summed E-state index contributed by atoms with van der Waals surface area (Å²) in [5, 5.41) is 4.44. The number of hydrogen-bond acceptors (Lipinski definition) is 2. The first-order valence-corrected chi connectivity index (χ1v) is 7.72. The lowest BCUT2D eigenvalue weighted by atomic mass is 10.1. The van der Waals surface area contributed by atoms with Gasteiger partial charge in [0, 0.05) is 12.1 Å². The minimum absolute atomic E-state index is 0.471. The zero-order valence-electron chi connectivity index (χ0n) is 12.2. The summed E-state index contributed by atoms with van der Waals surface area (Å²) >= 11 is 11.9. The monoisotopic (exact) mass is 323 g/mol. The molecule has 0 amide bonds. The Hall–Kier alpha value is -1.22. The Morgan fingerprint density at radius 2 is 1.86 bits per heavy atom. The van der Waals surface area contributed by atoms with Crippen molar-refractivity contribution in [2.24, 2.45) is 0 Å². The van der Waals surface area contributed by atoms with Gasteiger partial charge in [-0.2, -0.15) is 0 Å². The van der Waals surface area contributed by atoms with Gasteiger partial charge in [0.15, 0.2) is 0 Å². The van der Waals surface area contributed by atoms with Crippen LogP contribution in [0.2, 0.25) is 10.0 Å². The molecule has 0 aliphatic rings. The molecule has 0 saturated carbocycles. The van der Waals surface area contributed by atoms with Crippen LogP contribution in [0.25, 0.3) is 0 Å². The van der Waals surface area contributed by atoms with Crippen molar-refractivity contribution in [2.45, 2.75) is 27.0 Å². The van der Waals surface area contributed by atoms with E-state index in [0.29, 0.717) is 16.7 Å². The summed E-state index contributed by atoms with van der Waals surface area (Å²) in [5.41, 5.74) is 3.39. The molecule has 21 heavy (non-hydrogen) atoms. The topological polar surface area (TPSA) is 21.3 Å². The Balaban J connectivity index is 2.09. The fourth-order valence-electron chi connectivity index (χ4n) is 2.04. The molecule has 0 fully saturated rings. The highest BCUT2D eigenvalue weighted by atomic mass is 35.5. The fraction of sp³-hybridized carbons (Fsp3) is 0.294. The van der Waals surface area contributed by atoms with E-state index >= 15 is 0 Å². The van der Waals surface area contributed by atoms with Crippen LogP contribution < -0.4 is 10.1 Å². The number of hydrogen-bond donors (Lipinski definition) is 1. The maximum absolute atomic E-state index is 6.02. The first-order valence-electron chi connectivity index (χ1n) is 6.97. The molecule has 4 heteroatoms. The van der Waals surface area contributed by atoms with Gasteiger partial charge in [0.05, 0.1) is 10.0 Å². The van der Waals surface area contributed by atoms with Gasteiger partial charge >= 0.3 is 0 Å². The number of benzene rings is 2. The van der Waals surface area contributed by atoms with E-state index in [1.165, 1.54) is 5.56 Å². The molecule has 2 aromatic rings. The van der Waals surface area contributed by atoms with Crippen molar-refractivity contribution in [2.75, 3.05) is 6.54 Å². The van der Waals surface area contributed by atoms with Crippen molar-refractivity contribution in [1.82, 2.24) is 5.32 Å². The normalized spacial score (nSPS) is 10.7. The molecule has 0 aromatic heterocycles. The van der Waals surface area contributed by atoms with Gasteiger partial charge in [0.25, 0.3) is 0 Å². The lowest BCUT2D eigenvalue weighted by Gasteiger charge is -2.13. The van der Waals surface area contributed by atoms with Crippen molar-refractivity contribution < 1.29 is 4.74 Å². The average molecular weight is 324 g/mol. The second-order valence-electron chi connectivity index (χ2n) is 4.93. The third-order valence-electron chi connectivity index (χ3n) is 3.16. The molecule has 1 N–H and O–H groups in total. The average Bonchev–Trinajstić information content (AvgIpc) is 2.47. The summed E-state index contributed by atoms with van der Waals surface area (Å²) < 4.78 is 5.93. The maximum Gasteiger partial charge on any atom is 0.124 e. The third-order valence-corrected chi connectivity index (χ3v) is 3.90. The van der Waals surface area contributed by atoms with Crippen LogP contribution in [0.15, 0.2) is 36.4 Å². The predicted octanol–water partition coefficient (Wildman–Crippen LogP) is 4.99. The fourth-order valence-corrected chi connectivity index (χ4v) is 2.36. The molecule has 0 saturated heterocycles. The van der Waals surface area contributed by atoms with Crippen molar-refractivity contribution in [3.05, 3.63) is 63.1 Å². The van der Waals surface area contributed by atoms with Gasteiger partial charge in [0.2, 0.25) is 0 Å². The Morgan fingerprint density at radius 1 is 1.05 bits per heavy atom. The molecule has 2 aromatic carbocycles. The molecule has 0 bridgehead atoms. The van der Waals surface area contributed by atoms with E-state index in [2.05, 4.69) is 31.3 Å². The minimum Gasteiger partial charge on any atom is -0.489 e. The SMILES string of the molecule is CCNCc1cc(C)ccc1OCc1ccc(Cl)c(Cl)c1. The van der Waals surface area contributed by atoms with Gasteiger partial charge in [-0.15, -0.1) is 0 Å². The summed E-state index contributed by atoms with van der Waals surface area (Å²) in [6.45, 7) is 6.37. The smallest absolute Gasteiger partial charge is 0.124 e. The highest BCUT2D eigenvalue weighted by Crippen LogP contribution is 2.25. The van der Waals surface area contributed by atoms with Crippen LogP contribution in [-0.4, -0.2) is 6.54 Å². The molecule has 0 aliphatic heterocycles. The maximum atomic E-state index is 6.02. The van der Waals surface area contributed by atoms with Crippen LogP contribution in [0.5, 0.6) is 5.75 Å². The molecule has 0 heterocycles. The van der Waals surface area contributed by atoms with E-state index in [9.17, 15) is 0 Å². The Kier molecular flexibility index (Phi) is 5.92. The number of rotatable bonds is 6. The van der Waals surface area contributed by atoms with Gasteiger partial charge in [0.1, 0.15) is 12.4 Å². The van der Waals surface area contributed by atoms with E-state index in [1.807, 2.05) is 18.2 Å². The Labute approximate surface area is 136 Å². The molecule has 0 radical (unpaired) electrons. The van der Waals surface area contributed by atoms with E-state index in [0.717, 1.165) is 30.0 Å². The molecule has 0 spiro atoms. The number of nitrogens with one attached hydrogen (secondary N) is 1. The molecule has 112 valence electrons. The lowest BCUT2D eigenvalue weighted by Crippen LogP contribution is -2.13. The highest BCUT2D eigenvalue weighted by molar-refractivity contribution is 6.42. The quantitative estimate of drug-likeness (QED) is 0.808. The molecule has 2 nitrogen and oxygen atoms in total. The molecule has 0 aliphatic carbocycles. The molecule has 0 unspecified atom stereocenters. The van der Waals surface area contributed by atoms with Crippen molar-refractivity contribution in [3.8, 4) is 5.75 Å². The van der Waals surface area contributed by atoms with Gasteiger partial charge in [-0.25, -0.2) is 0 Å². The molecular formula is C17H19Cl2NO. The first-order chi connectivity index (χ1) is 10.1. The Bertz CT molecular complexity index is 614. The van der Waals surface area contributed by atoms with Gasteiger partial charge < -0.3 is 10.1 Å². The second-order valence-corrected chi connectivity index (χ2v) is 5.74. The summed E-state index contributed by atoms with van der Waals surface area (Å²) in [5.74, 6) is 0.896. The van der Waals surface area contributed by atoms with Crippen molar-refractivity contribution >= 4 is 23.2 Å². The Morgan fingerprint density at radius 3 is 2.57 bits per heavy atom. The van der Waals surface area contributed by atoms with Crippen LogP contribution in [0.3, 0.4) is 0 Å². The second kappa shape index (κ2) is 7.69. The summed E-state index contributed by atoms with van der Waals surface area (Å²) in [4.78, 5) is 0. The minimum atomic E-state index is 0.471. The standard InChI is InChI=1S/C17H19Cl2NO/c1-3-20-10-14-8-12(2)4-7-17(14)21-11-13-5-6-15(18)16(19)9-13/h4-9,20H,3,10-11H2,1-2H3.